The lowest BCUT2D eigenvalue weighted by Gasteiger charge is -2.17. The van der Waals surface area contributed by atoms with Gasteiger partial charge in [0.15, 0.2) is 0 Å². The minimum atomic E-state index is -1.07. The molecule has 0 aromatic heterocycles. The molecule has 0 aliphatic carbocycles. The predicted molar refractivity (Wildman–Crippen MR) is 69.1 cm³/mol. The number of rotatable bonds is 6. The maximum atomic E-state index is 11.0. The Bertz CT molecular complexity index is 396. The number of nitrogens with one attached hydrogen (secondary N) is 1. The number of carboxylic acid groups (broad SMARTS) is 2. The van der Waals surface area contributed by atoms with E-state index in [1.165, 1.54) is 6.92 Å². The van der Waals surface area contributed by atoms with Gasteiger partial charge in [0.25, 0.3) is 0 Å². The average molecular weight is 274 g/mol. The van der Waals surface area contributed by atoms with Crippen molar-refractivity contribution in [3.8, 4) is 0 Å². The fourth-order valence-corrected chi connectivity index (χ4v) is 1.44. The Morgan fingerprint density at radius 2 is 1.72 bits per heavy atom. The summed E-state index contributed by atoms with van der Waals surface area (Å²) in [4.78, 5) is 21.7. The fraction of sp³-hybridized carbons (Fsp3) is 0.333. The normalized spacial score (nSPS) is 13.2. The summed E-state index contributed by atoms with van der Waals surface area (Å²) in [5.41, 5.74) is 0.852. The third kappa shape index (κ3) is 5.16. The number of aliphatic carboxylic acids is 2. The zero-order valence-electron chi connectivity index (χ0n) is 9.87. The molecule has 0 fully saturated rings. The van der Waals surface area contributed by atoms with Crippen LogP contribution in [0.4, 0.5) is 0 Å². The largest absolute Gasteiger partial charge is 0.480 e. The highest BCUT2D eigenvalue weighted by Gasteiger charge is 2.22. The molecule has 0 saturated heterocycles. The lowest BCUT2D eigenvalue weighted by atomic mass is 10.1. The molecule has 1 aromatic rings. The van der Waals surface area contributed by atoms with Crippen molar-refractivity contribution < 1.29 is 19.8 Å². The summed E-state index contributed by atoms with van der Waals surface area (Å²) in [7, 11) is 0. The number of hydrogen-bond acceptors (Lipinski definition) is 3. The zero-order valence-corrected chi connectivity index (χ0v) is 10.7. The average Bonchev–Trinajstić information content (AvgIpc) is 2.29. The summed E-state index contributed by atoms with van der Waals surface area (Å²) in [5, 5.41) is 20.3. The summed E-state index contributed by atoms with van der Waals surface area (Å²) in [6.07, 6.45) is 0.258. The first kappa shape index (κ1) is 16.4. The van der Waals surface area contributed by atoms with Crippen molar-refractivity contribution in [1.82, 2.24) is 5.32 Å². The molecule has 100 valence electrons. The number of hydrogen-bond donors (Lipinski definition) is 3. The SMILES string of the molecule is CC(N[C@@H](Cc1ccccc1)C(=O)O)C(=O)O.Cl. The molecule has 0 aliphatic rings. The van der Waals surface area contributed by atoms with Crippen LogP contribution >= 0.6 is 12.4 Å². The fourth-order valence-electron chi connectivity index (χ4n) is 1.44. The van der Waals surface area contributed by atoms with Gasteiger partial charge in [0.2, 0.25) is 0 Å². The van der Waals surface area contributed by atoms with Gasteiger partial charge in [-0.1, -0.05) is 30.3 Å². The predicted octanol–water partition coefficient (Wildman–Crippen LogP) is 1.17. The molecule has 0 spiro atoms. The second-order valence-corrected chi connectivity index (χ2v) is 3.81. The molecule has 0 heterocycles. The Hall–Kier alpha value is -1.59. The number of carboxylic acids is 2. The Kier molecular flexibility index (Phi) is 7.00. The van der Waals surface area contributed by atoms with Crippen LogP contribution in [0.5, 0.6) is 0 Å². The Morgan fingerprint density at radius 1 is 1.17 bits per heavy atom. The van der Waals surface area contributed by atoms with Gasteiger partial charge in [-0.2, -0.15) is 0 Å². The molecule has 0 radical (unpaired) electrons. The highest BCUT2D eigenvalue weighted by molar-refractivity contribution is 5.85. The van der Waals surface area contributed by atoms with E-state index in [0.717, 1.165) is 5.56 Å². The van der Waals surface area contributed by atoms with E-state index in [2.05, 4.69) is 5.32 Å². The first-order valence-electron chi connectivity index (χ1n) is 5.26. The Morgan fingerprint density at radius 3 is 2.17 bits per heavy atom. The van der Waals surface area contributed by atoms with E-state index in [9.17, 15) is 9.59 Å². The zero-order chi connectivity index (χ0) is 12.8. The molecule has 1 aromatic carbocycles. The van der Waals surface area contributed by atoms with Crippen LogP contribution in [0.3, 0.4) is 0 Å². The van der Waals surface area contributed by atoms with Gasteiger partial charge in [0.1, 0.15) is 12.1 Å². The lowest BCUT2D eigenvalue weighted by Crippen LogP contribution is -2.46. The van der Waals surface area contributed by atoms with Crippen LogP contribution in [0.1, 0.15) is 12.5 Å². The maximum Gasteiger partial charge on any atom is 0.321 e. The third-order valence-electron chi connectivity index (χ3n) is 2.40. The van der Waals surface area contributed by atoms with Gasteiger partial charge >= 0.3 is 11.9 Å². The quantitative estimate of drug-likeness (QED) is 0.724. The molecule has 18 heavy (non-hydrogen) atoms. The smallest absolute Gasteiger partial charge is 0.321 e. The molecule has 0 aliphatic heterocycles. The number of benzene rings is 1. The minimum Gasteiger partial charge on any atom is -0.480 e. The molecule has 2 atom stereocenters. The van der Waals surface area contributed by atoms with Crippen molar-refractivity contribution in [2.45, 2.75) is 25.4 Å². The van der Waals surface area contributed by atoms with Crippen LogP contribution in [0.25, 0.3) is 0 Å². The van der Waals surface area contributed by atoms with E-state index in [4.69, 9.17) is 10.2 Å². The number of carbonyl (C=O) groups is 2. The van der Waals surface area contributed by atoms with Gasteiger partial charge in [0.05, 0.1) is 0 Å². The van der Waals surface area contributed by atoms with Gasteiger partial charge < -0.3 is 10.2 Å². The molecular formula is C12H16ClNO4. The van der Waals surface area contributed by atoms with Crippen molar-refractivity contribution in [3.05, 3.63) is 35.9 Å². The first-order valence-corrected chi connectivity index (χ1v) is 5.26. The molecular weight excluding hydrogens is 258 g/mol. The molecule has 1 unspecified atom stereocenters. The van der Waals surface area contributed by atoms with E-state index in [-0.39, 0.29) is 18.8 Å². The summed E-state index contributed by atoms with van der Waals surface area (Å²) in [6.45, 7) is 1.42. The van der Waals surface area contributed by atoms with E-state index in [0.29, 0.717) is 0 Å². The van der Waals surface area contributed by atoms with Crippen molar-refractivity contribution in [2.75, 3.05) is 0 Å². The standard InChI is InChI=1S/C12H15NO4.ClH/c1-8(11(14)15)13-10(12(16)17)7-9-5-3-2-4-6-9;/h2-6,8,10,13H,7H2,1H3,(H,14,15)(H,16,17);1H/t8?,10-;/m0./s1. The molecule has 6 heteroatoms. The van der Waals surface area contributed by atoms with Crippen LogP contribution in [0.2, 0.25) is 0 Å². The van der Waals surface area contributed by atoms with Crippen molar-refractivity contribution in [3.63, 3.8) is 0 Å². The van der Waals surface area contributed by atoms with Crippen LogP contribution < -0.4 is 5.32 Å². The minimum absolute atomic E-state index is 0. The molecule has 0 saturated carbocycles. The highest BCUT2D eigenvalue weighted by atomic mass is 35.5. The van der Waals surface area contributed by atoms with Crippen molar-refractivity contribution in [2.24, 2.45) is 0 Å². The van der Waals surface area contributed by atoms with Crippen LogP contribution in [-0.4, -0.2) is 34.2 Å². The van der Waals surface area contributed by atoms with E-state index in [1.54, 1.807) is 0 Å². The summed E-state index contributed by atoms with van der Waals surface area (Å²) in [5.74, 6) is -2.12. The monoisotopic (exact) mass is 273 g/mol. The van der Waals surface area contributed by atoms with Crippen LogP contribution in [0.15, 0.2) is 30.3 Å². The summed E-state index contributed by atoms with van der Waals surface area (Å²) >= 11 is 0. The van der Waals surface area contributed by atoms with Gasteiger partial charge in [-0.3, -0.25) is 14.9 Å². The van der Waals surface area contributed by atoms with E-state index < -0.39 is 24.0 Å². The van der Waals surface area contributed by atoms with Gasteiger partial charge in [-0.05, 0) is 18.9 Å². The van der Waals surface area contributed by atoms with Crippen molar-refractivity contribution in [1.29, 1.82) is 0 Å². The summed E-state index contributed by atoms with van der Waals surface area (Å²) in [6, 6.07) is 7.30. The van der Waals surface area contributed by atoms with E-state index in [1.807, 2.05) is 30.3 Å². The lowest BCUT2D eigenvalue weighted by molar-refractivity contribution is -0.142. The molecule has 3 N–H and O–H groups in total. The molecule has 0 bridgehead atoms. The maximum absolute atomic E-state index is 11.0. The second kappa shape index (κ2) is 7.68. The highest BCUT2D eigenvalue weighted by Crippen LogP contribution is 2.04. The molecule has 5 nitrogen and oxygen atoms in total. The third-order valence-corrected chi connectivity index (χ3v) is 2.40. The first-order chi connectivity index (χ1) is 8.00. The number of halogens is 1. The molecule has 1 rings (SSSR count). The Balaban J connectivity index is 0.00000289. The topological polar surface area (TPSA) is 86.6 Å². The van der Waals surface area contributed by atoms with Crippen LogP contribution in [0, 0.1) is 0 Å². The van der Waals surface area contributed by atoms with Crippen LogP contribution in [-0.2, 0) is 16.0 Å². The Labute approximate surface area is 111 Å². The second-order valence-electron chi connectivity index (χ2n) is 3.81. The van der Waals surface area contributed by atoms with Gasteiger partial charge in [-0.25, -0.2) is 0 Å². The van der Waals surface area contributed by atoms with Crippen molar-refractivity contribution >= 4 is 24.3 Å². The summed E-state index contributed by atoms with van der Waals surface area (Å²) < 4.78 is 0. The van der Waals surface area contributed by atoms with Gasteiger partial charge in [-0.15, -0.1) is 12.4 Å². The molecule has 0 amide bonds. The van der Waals surface area contributed by atoms with E-state index >= 15 is 0 Å². The van der Waals surface area contributed by atoms with Gasteiger partial charge in [0, 0.05) is 0 Å².